The molecule has 0 unspecified atom stereocenters. The second kappa shape index (κ2) is 10.3. The van der Waals surface area contributed by atoms with E-state index >= 15 is 4.39 Å². The van der Waals surface area contributed by atoms with Gasteiger partial charge < -0.3 is 15.0 Å². The van der Waals surface area contributed by atoms with E-state index in [4.69, 9.17) is 4.74 Å². The van der Waals surface area contributed by atoms with Crippen LogP contribution in [0.5, 0.6) is 0 Å². The topological polar surface area (TPSA) is 75.0 Å². The van der Waals surface area contributed by atoms with Crippen LogP contribution in [0.25, 0.3) is 5.57 Å². The van der Waals surface area contributed by atoms with E-state index in [2.05, 4.69) is 27.0 Å². The van der Waals surface area contributed by atoms with Gasteiger partial charge in [0, 0.05) is 25.0 Å². The first-order valence-electron chi connectivity index (χ1n) is 12.4. The number of carbonyl (C=O) groups excluding carboxylic acids is 1. The third-order valence-electron chi connectivity index (χ3n) is 6.42. The number of aromatic nitrogens is 2. The molecule has 2 aromatic rings. The zero-order valence-electron chi connectivity index (χ0n) is 22.4. The van der Waals surface area contributed by atoms with Gasteiger partial charge in [0.25, 0.3) is 5.91 Å². The molecular weight excluding hydrogens is 471 g/mol. The van der Waals surface area contributed by atoms with Gasteiger partial charge in [-0.25, -0.2) is 9.40 Å². The van der Waals surface area contributed by atoms with E-state index in [0.717, 1.165) is 41.3 Å². The molecule has 1 fully saturated rings. The van der Waals surface area contributed by atoms with Crippen molar-refractivity contribution in [1.29, 1.82) is 0 Å². The number of nitrogens with one attached hydrogen (secondary N) is 1. The van der Waals surface area contributed by atoms with Crippen LogP contribution < -0.4 is 5.32 Å². The fourth-order valence-electron chi connectivity index (χ4n) is 4.63. The van der Waals surface area contributed by atoms with Crippen molar-refractivity contribution in [3.63, 3.8) is 0 Å². The van der Waals surface area contributed by atoms with E-state index in [1.54, 1.807) is 22.0 Å². The lowest BCUT2D eigenvalue weighted by molar-refractivity contribution is 0.0414. The Labute approximate surface area is 217 Å². The van der Waals surface area contributed by atoms with E-state index in [0.29, 0.717) is 24.5 Å². The van der Waals surface area contributed by atoms with Gasteiger partial charge in [-0.05, 0) is 82.5 Å². The maximum absolute atomic E-state index is 15.0. The van der Waals surface area contributed by atoms with Crippen molar-refractivity contribution in [3.8, 4) is 0 Å². The van der Waals surface area contributed by atoms with Crippen LogP contribution in [0.3, 0.4) is 0 Å². The van der Waals surface area contributed by atoms with Crippen molar-refractivity contribution in [2.45, 2.75) is 47.1 Å². The number of hydrogen-bond donors (Lipinski definition) is 1. The molecule has 9 heteroatoms. The van der Waals surface area contributed by atoms with Crippen LogP contribution in [-0.4, -0.2) is 58.1 Å². The molecule has 0 aliphatic carbocycles. The molecule has 1 N–H and O–H groups in total. The van der Waals surface area contributed by atoms with Crippen molar-refractivity contribution < 1.29 is 13.9 Å². The average molecular weight is 507 g/mol. The predicted molar refractivity (Wildman–Crippen MR) is 145 cm³/mol. The molecule has 0 bridgehead atoms. The summed E-state index contributed by atoms with van der Waals surface area (Å²) in [4.78, 5) is 15.3. The number of rotatable bonds is 5. The number of benzene rings is 1. The van der Waals surface area contributed by atoms with Crippen molar-refractivity contribution >= 4 is 23.4 Å². The fourth-order valence-corrected chi connectivity index (χ4v) is 4.63. The van der Waals surface area contributed by atoms with Gasteiger partial charge in [-0.1, -0.05) is 6.58 Å². The van der Waals surface area contributed by atoms with E-state index in [1.807, 2.05) is 53.7 Å². The molecule has 2 aliphatic heterocycles. The molecule has 1 saturated heterocycles. The van der Waals surface area contributed by atoms with E-state index in [9.17, 15) is 4.79 Å². The number of hydrazone groups is 1. The minimum atomic E-state index is -0.500. The zero-order chi connectivity index (χ0) is 26.9. The first-order chi connectivity index (χ1) is 17.5. The summed E-state index contributed by atoms with van der Waals surface area (Å²) in [5, 5.41) is 13.4. The van der Waals surface area contributed by atoms with E-state index < -0.39 is 11.7 Å². The Hall–Kier alpha value is -3.72. The normalized spacial score (nSPS) is 16.8. The van der Waals surface area contributed by atoms with Gasteiger partial charge in [-0.15, -0.1) is 0 Å². The number of morpholine rings is 1. The summed E-state index contributed by atoms with van der Waals surface area (Å²) in [5.74, 6) is -0.0273. The Balaban J connectivity index is 1.69. The minimum Gasteiger partial charge on any atom is -0.378 e. The Morgan fingerprint density at radius 1 is 1.22 bits per heavy atom. The molecule has 0 spiro atoms. The van der Waals surface area contributed by atoms with Crippen molar-refractivity contribution in [2.24, 2.45) is 5.10 Å². The Morgan fingerprint density at radius 3 is 2.54 bits per heavy atom. The first kappa shape index (κ1) is 26.3. The minimum absolute atomic E-state index is 0.107. The maximum atomic E-state index is 15.0. The maximum Gasteiger partial charge on any atom is 0.259 e. The lowest BCUT2D eigenvalue weighted by Crippen LogP contribution is -2.41. The smallest absolute Gasteiger partial charge is 0.259 e. The fraction of sp³-hybridized carbons (Fsp3) is 0.393. The number of ether oxygens (including phenoxy) is 1. The van der Waals surface area contributed by atoms with Gasteiger partial charge in [0.1, 0.15) is 11.6 Å². The third kappa shape index (κ3) is 5.36. The number of amides is 1. The van der Waals surface area contributed by atoms with Crippen molar-refractivity contribution in [3.05, 3.63) is 76.8 Å². The number of carbonyl (C=O) groups is 1. The number of nitrogens with zero attached hydrogens (tertiary/aromatic N) is 5. The Kier molecular flexibility index (Phi) is 7.36. The lowest BCUT2D eigenvalue weighted by Gasteiger charge is -2.37. The quantitative estimate of drug-likeness (QED) is 0.575. The van der Waals surface area contributed by atoms with Gasteiger partial charge in [0.15, 0.2) is 0 Å². The van der Waals surface area contributed by atoms with Gasteiger partial charge in [0.2, 0.25) is 0 Å². The standard InChI is InChI=1S/C28H35FN6O2/c1-8-30-34-19(3)14-21(15-26(34)33-9-11-37-12-10-33)22-16-25(24(29)13-18(22)2)32-27(36)23-17-31-35(20(23)4)28(5,6)7/h8,13-17H,3,9-12H2,1-2,4-7H3,(H,32,36)/b30-8-. The second-order valence-corrected chi connectivity index (χ2v) is 10.2. The van der Waals surface area contributed by atoms with Crippen LogP contribution in [0.2, 0.25) is 0 Å². The molecular formula is C28H35FN6O2. The molecule has 1 amide bonds. The summed E-state index contributed by atoms with van der Waals surface area (Å²) in [6.45, 7) is 18.5. The average Bonchev–Trinajstić information content (AvgIpc) is 3.24. The summed E-state index contributed by atoms with van der Waals surface area (Å²) in [6, 6.07) is 3.12. The summed E-state index contributed by atoms with van der Waals surface area (Å²) in [5.41, 5.74) is 4.05. The second-order valence-electron chi connectivity index (χ2n) is 10.2. The summed E-state index contributed by atoms with van der Waals surface area (Å²) < 4.78 is 22.4. The molecule has 2 aliphatic rings. The third-order valence-corrected chi connectivity index (χ3v) is 6.42. The van der Waals surface area contributed by atoms with Gasteiger partial charge >= 0.3 is 0 Å². The zero-order valence-corrected chi connectivity index (χ0v) is 22.4. The number of anilines is 1. The Bertz CT molecular complexity index is 1310. The van der Waals surface area contributed by atoms with Crippen LogP contribution >= 0.6 is 0 Å². The van der Waals surface area contributed by atoms with Crippen molar-refractivity contribution in [1.82, 2.24) is 19.7 Å². The van der Waals surface area contributed by atoms with E-state index in [1.165, 1.54) is 12.3 Å². The van der Waals surface area contributed by atoms with Crippen LogP contribution in [-0.2, 0) is 10.3 Å². The molecule has 0 atom stereocenters. The summed E-state index contributed by atoms with van der Waals surface area (Å²) >= 11 is 0. The number of hydrogen-bond acceptors (Lipinski definition) is 6. The number of halogens is 1. The predicted octanol–water partition coefficient (Wildman–Crippen LogP) is 5.04. The molecule has 0 saturated carbocycles. The van der Waals surface area contributed by atoms with Gasteiger partial charge in [0.05, 0.1) is 41.9 Å². The summed E-state index contributed by atoms with van der Waals surface area (Å²) in [7, 11) is 0. The van der Waals surface area contributed by atoms with E-state index in [-0.39, 0.29) is 11.2 Å². The Morgan fingerprint density at radius 2 is 1.92 bits per heavy atom. The molecule has 0 radical (unpaired) electrons. The highest BCUT2D eigenvalue weighted by Crippen LogP contribution is 2.34. The van der Waals surface area contributed by atoms with Crippen LogP contribution in [0.15, 0.2) is 53.7 Å². The monoisotopic (exact) mass is 506 g/mol. The van der Waals surface area contributed by atoms with Crippen LogP contribution in [0.4, 0.5) is 10.1 Å². The number of allylic oxidation sites excluding steroid dienone is 3. The van der Waals surface area contributed by atoms with Crippen LogP contribution in [0.1, 0.15) is 54.9 Å². The highest BCUT2D eigenvalue weighted by molar-refractivity contribution is 6.05. The van der Waals surface area contributed by atoms with Crippen molar-refractivity contribution in [2.75, 3.05) is 31.6 Å². The number of aryl methyl sites for hydroxylation is 1. The molecule has 3 heterocycles. The molecule has 196 valence electrons. The SMILES string of the molecule is C=C1C=C(c2cc(NC(=O)c3cnn(C(C)(C)C)c3C)c(F)cc2C)C=C(N2CCOCC2)N1/N=C\C. The summed E-state index contributed by atoms with van der Waals surface area (Å²) in [6.07, 6.45) is 7.19. The molecule has 1 aromatic heterocycles. The lowest BCUT2D eigenvalue weighted by atomic mass is 9.96. The van der Waals surface area contributed by atoms with Gasteiger partial charge in [-0.3, -0.25) is 9.48 Å². The van der Waals surface area contributed by atoms with Crippen LogP contribution in [0, 0.1) is 19.7 Å². The molecule has 4 rings (SSSR count). The first-order valence-corrected chi connectivity index (χ1v) is 12.4. The largest absolute Gasteiger partial charge is 0.378 e. The van der Waals surface area contributed by atoms with Gasteiger partial charge in [-0.2, -0.15) is 10.2 Å². The highest BCUT2D eigenvalue weighted by Gasteiger charge is 2.26. The molecule has 8 nitrogen and oxygen atoms in total. The molecule has 37 heavy (non-hydrogen) atoms. The highest BCUT2D eigenvalue weighted by atomic mass is 19.1. The molecule has 1 aromatic carbocycles.